The number of para-hydroxylation sites is 1. The van der Waals surface area contributed by atoms with Crippen LogP contribution in [0.15, 0.2) is 30.3 Å². The van der Waals surface area contributed by atoms with Crippen molar-refractivity contribution in [2.45, 2.75) is 12.5 Å². The molecule has 2 rings (SSSR count). The fourth-order valence-corrected chi connectivity index (χ4v) is 1.88. The third kappa shape index (κ3) is 3.05. The molecule has 1 heterocycles. The van der Waals surface area contributed by atoms with E-state index < -0.39 is 0 Å². The zero-order valence-electron chi connectivity index (χ0n) is 9.10. The van der Waals surface area contributed by atoms with Crippen molar-refractivity contribution in [2.75, 3.05) is 25.0 Å². The SMILES string of the molecule is O=C(CN1CC[C@H](O)C1)Nc1ccccc1. The van der Waals surface area contributed by atoms with E-state index in [9.17, 15) is 9.90 Å². The minimum atomic E-state index is -0.274. The van der Waals surface area contributed by atoms with Crippen molar-refractivity contribution >= 4 is 11.6 Å². The molecule has 1 atom stereocenters. The first-order valence-electron chi connectivity index (χ1n) is 5.49. The molecule has 0 radical (unpaired) electrons. The van der Waals surface area contributed by atoms with Gasteiger partial charge in [-0.3, -0.25) is 9.69 Å². The molecule has 1 fully saturated rings. The maximum absolute atomic E-state index is 11.6. The number of carbonyl (C=O) groups excluding carboxylic acids is 1. The Kier molecular flexibility index (Phi) is 3.54. The van der Waals surface area contributed by atoms with Gasteiger partial charge in [0.05, 0.1) is 12.6 Å². The molecular formula is C12H16N2O2. The second kappa shape index (κ2) is 5.09. The lowest BCUT2D eigenvalue weighted by atomic mass is 10.3. The Morgan fingerprint density at radius 1 is 1.44 bits per heavy atom. The summed E-state index contributed by atoms with van der Waals surface area (Å²) in [7, 11) is 0. The second-order valence-electron chi connectivity index (χ2n) is 4.09. The van der Waals surface area contributed by atoms with Gasteiger partial charge in [0, 0.05) is 18.8 Å². The number of aliphatic hydroxyl groups excluding tert-OH is 1. The number of aliphatic hydroxyl groups is 1. The maximum Gasteiger partial charge on any atom is 0.238 e. The highest BCUT2D eigenvalue weighted by Gasteiger charge is 2.21. The normalized spacial score (nSPS) is 20.9. The van der Waals surface area contributed by atoms with Gasteiger partial charge < -0.3 is 10.4 Å². The van der Waals surface area contributed by atoms with Gasteiger partial charge in [0.2, 0.25) is 5.91 Å². The number of benzene rings is 1. The van der Waals surface area contributed by atoms with Crippen molar-refractivity contribution in [3.63, 3.8) is 0 Å². The van der Waals surface area contributed by atoms with Crippen molar-refractivity contribution in [3.05, 3.63) is 30.3 Å². The smallest absolute Gasteiger partial charge is 0.238 e. The van der Waals surface area contributed by atoms with Crippen LogP contribution < -0.4 is 5.32 Å². The van der Waals surface area contributed by atoms with Crippen molar-refractivity contribution in [3.8, 4) is 0 Å². The summed E-state index contributed by atoms with van der Waals surface area (Å²) in [5, 5.41) is 12.2. The predicted molar refractivity (Wildman–Crippen MR) is 62.1 cm³/mol. The van der Waals surface area contributed by atoms with Gasteiger partial charge in [-0.05, 0) is 18.6 Å². The molecule has 16 heavy (non-hydrogen) atoms. The first kappa shape index (κ1) is 11.1. The fraction of sp³-hybridized carbons (Fsp3) is 0.417. The van der Waals surface area contributed by atoms with E-state index in [0.29, 0.717) is 13.1 Å². The first-order chi connectivity index (χ1) is 7.74. The van der Waals surface area contributed by atoms with Gasteiger partial charge in [0.15, 0.2) is 0 Å². The summed E-state index contributed by atoms with van der Waals surface area (Å²) >= 11 is 0. The molecule has 0 unspecified atom stereocenters. The third-order valence-corrected chi connectivity index (χ3v) is 2.67. The van der Waals surface area contributed by atoms with E-state index in [1.54, 1.807) is 0 Å². The third-order valence-electron chi connectivity index (χ3n) is 2.67. The Hall–Kier alpha value is -1.39. The molecule has 2 N–H and O–H groups in total. The highest BCUT2D eigenvalue weighted by Crippen LogP contribution is 2.09. The largest absolute Gasteiger partial charge is 0.392 e. The van der Waals surface area contributed by atoms with Crippen molar-refractivity contribution < 1.29 is 9.90 Å². The van der Waals surface area contributed by atoms with Gasteiger partial charge in [-0.2, -0.15) is 0 Å². The Morgan fingerprint density at radius 3 is 2.81 bits per heavy atom. The summed E-state index contributed by atoms with van der Waals surface area (Å²) in [4.78, 5) is 13.6. The monoisotopic (exact) mass is 220 g/mol. The summed E-state index contributed by atoms with van der Waals surface area (Å²) in [6, 6.07) is 9.39. The van der Waals surface area contributed by atoms with Crippen LogP contribution in [0.25, 0.3) is 0 Å². The Bertz CT molecular complexity index is 353. The molecule has 0 aromatic heterocycles. The van der Waals surface area contributed by atoms with Crippen LogP contribution in [0.1, 0.15) is 6.42 Å². The van der Waals surface area contributed by atoms with E-state index >= 15 is 0 Å². The van der Waals surface area contributed by atoms with Crippen LogP contribution in [0.2, 0.25) is 0 Å². The van der Waals surface area contributed by atoms with Gasteiger partial charge in [-0.1, -0.05) is 18.2 Å². The number of carbonyl (C=O) groups is 1. The zero-order chi connectivity index (χ0) is 11.4. The second-order valence-corrected chi connectivity index (χ2v) is 4.09. The highest BCUT2D eigenvalue weighted by molar-refractivity contribution is 5.92. The Balaban J connectivity index is 1.81. The number of β-amino-alcohol motifs (C(OH)–C–C–N with tert-alkyl or cyclic N) is 1. The quantitative estimate of drug-likeness (QED) is 0.788. The summed E-state index contributed by atoms with van der Waals surface area (Å²) < 4.78 is 0. The van der Waals surface area contributed by atoms with E-state index in [1.807, 2.05) is 35.2 Å². The highest BCUT2D eigenvalue weighted by atomic mass is 16.3. The molecule has 1 saturated heterocycles. The van der Waals surface area contributed by atoms with E-state index in [2.05, 4.69) is 5.32 Å². The summed E-state index contributed by atoms with van der Waals surface area (Å²) in [5.41, 5.74) is 0.812. The minimum Gasteiger partial charge on any atom is -0.392 e. The van der Waals surface area contributed by atoms with Crippen LogP contribution in [-0.2, 0) is 4.79 Å². The maximum atomic E-state index is 11.6. The topological polar surface area (TPSA) is 52.6 Å². The molecule has 0 saturated carbocycles. The standard InChI is InChI=1S/C12H16N2O2/c15-11-6-7-14(8-11)9-12(16)13-10-4-2-1-3-5-10/h1-5,11,15H,6-9H2,(H,13,16)/t11-/m0/s1. The van der Waals surface area contributed by atoms with Crippen molar-refractivity contribution in [2.24, 2.45) is 0 Å². The van der Waals surface area contributed by atoms with Gasteiger partial charge in [-0.25, -0.2) is 0 Å². The minimum absolute atomic E-state index is 0.0275. The van der Waals surface area contributed by atoms with E-state index in [4.69, 9.17) is 0 Å². The molecule has 1 aromatic rings. The predicted octanol–water partition coefficient (Wildman–Crippen LogP) is 0.692. The van der Waals surface area contributed by atoms with Crippen LogP contribution in [-0.4, -0.2) is 41.7 Å². The van der Waals surface area contributed by atoms with E-state index in [-0.39, 0.29) is 12.0 Å². The summed E-state index contributed by atoms with van der Waals surface area (Å²) in [6.45, 7) is 1.75. The average Bonchev–Trinajstić information content (AvgIpc) is 2.65. The number of hydrogen-bond donors (Lipinski definition) is 2. The Labute approximate surface area is 94.9 Å². The number of hydrogen-bond acceptors (Lipinski definition) is 3. The lowest BCUT2D eigenvalue weighted by molar-refractivity contribution is -0.117. The zero-order valence-corrected chi connectivity index (χ0v) is 9.10. The summed E-state index contributed by atoms with van der Waals surface area (Å²) in [5.74, 6) is -0.0275. The molecule has 1 aliphatic rings. The lowest BCUT2D eigenvalue weighted by Crippen LogP contribution is -2.32. The molecule has 0 bridgehead atoms. The number of likely N-dealkylation sites (tertiary alicyclic amines) is 1. The molecule has 86 valence electrons. The number of nitrogens with zero attached hydrogens (tertiary/aromatic N) is 1. The number of rotatable bonds is 3. The number of anilines is 1. The molecule has 4 heteroatoms. The van der Waals surface area contributed by atoms with Gasteiger partial charge in [-0.15, -0.1) is 0 Å². The van der Waals surface area contributed by atoms with Crippen LogP contribution in [0.4, 0.5) is 5.69 Å². The van der Waals surface area contributed by atoms with Crippen LogP contribution in [0.5, 0.6) is 0 Å². The molecule has 1 amide bonds. The fourth-order valence-electron chi connectivity index (χ4n) is 1.88. The van der Waals surface area contributed by atoms with Gasteiger partial charge >= 0.3 is 0 Å². The molecule has 0 spiro atoms. The first-order valence-corrected chi connectivity index (χ1v) is 5.49. The lowest BCUT2D eigenvalue weighted by Gasteiger charge is -2.14. The molecular weight excluding hydrogens is 204 g/mol. The molecule has 1 aliphatic heterocycles. The van der Waals surface area contributed by atoms with Crippen LogP contribution in [0, 0.1) is 0 Å². The van der Waals surface area contributed by atoms with Gasteiger partial charge in [0.25, 0.3) is 0 Å². The Morgan fingerprint density at radius 2 is 2.19 bits per heavy atom. The number of nitrogens with one attached hydrogen (secondary N) is 1. The van der Waals surface area contributed by atoms with Crippen molar-refractivity contribution in [1.29, 1.82) is 0 Å². The molecule has 0 aliphatic carbocycles. The van der Waals surface area contributed by atoms with E-state index in [0.717, 1.165) is 18.7 Å². The number of amides is 1. The van der Waals surface area contributed by atoms with E-state index in [1.165, 1.54) is 0 Å². The average molecular weight is 220 g/mol. The van der Waals surface area contributed by atoms with Crippen LogP contribution in [0.3, 0.4) is 0 Å². The summed E-state index contributed by atoms with van der Waals surface area (Å²) in [6.07, 6.45) is 0.489. The van der Waals surface area contributed by atoms with Crippen molar-refractivity contribution in [1.82, 2.24) is 4.90 Å². The van der Waals surface area contributed by atoms with Gasteiger partial charge in [0.1, 0.15) is 0 Å². The molecule has 4 nitrogen and oxygen atoms in total. The van der Waals surface area contributed by atoms with Crippen LogP contribution >= 0.6 is 0 Å². The molecule has 1 aromatic carbocycles.